The smallest absolute Gasteiger partial charge is 0.229 e. The number of amides is 2. The van der Waals surface area contributed by atoms with Gasteiger partial charge in [-0.3, -0.25) is 9.59 Å². The van der Waals surface area contributed by atoms with Gasteiger partial charge < -0.3 is 9.80 Å². The van der Waals surface area contributed by atoms with E-state index in [1.54, 1.807) is 45.8 Å². The lowest BCUT2D eigenvalue weighted by Gasteiger charge is -2.27. The van der Waals surface area contributed by atoms with Crippen LogP contribution in [0.1, 0.15) is 17.4 Å². The number of anilines is 1. The molecule has 2 aliphatic rings. The minimum absolute atomic E-state index is 0.0565. The molecule has 0 spiro atoms. The molecule has 2 aromatic rings. The maximum atomic E-state index is 13.2. The maximum absolute atomic E-state index is 13.2. The van der Waals surface area contributed by atoms with E-state index in [-0.39, 0.29) is 29.4 Å². The molecule has 8 heteroatoms. The van der Waals surface area contributed by atoms with Crippen molar-refractivity contribution < 1.29 is 14.0 Å². The van der Waals surface area contributed by atoms with Crippen molar-refractivity contribution in [3.63, 3.8) is 0 Å². The Balaban J connectivity index is 1.52. The van der Waals surface area contributed by atoms with Gasteiger partial charge in [0.2, 0.25) is 11.8 Å². The molecule has 0 bridgehead atoms. The van der Waals surface area contributed by atoms with Crippen molar-refractivity contribution in [1.29, 1.82) is 0 Å². The van der Waals surface area contributed by atoms with Crippen LogP contribution in [0, 0.1) is 11.7 Å². The Morgan fingerprint density at radius 3 is 2.61 bits per heavy atom. The van der Waals surface area contributed by atoms with Gasteiger partial charge >= 0.3 is 0 Å². The largest absolute Gasteiger partial charge is 0.325 e. The molecule has 2 heterocycles. The molecule has 2 aromatic carbocycles. The first-order chi connectivity index (χ1) is 13.4. The molecule has 2 fully saturated rings. The molecule has 146 valence electrons. The van der Waals surface area contributed by atoms with E-state index in [1.807, 2.05) is 6.07 Å². The SMILES string of the molecule is O=C1CC(C(=O)N2CCSC2c2ccc(Cl)cc2Cl)CN1c1ccc(F)cc1. The van der Waals surface area contributed by atoms with E-state index in [1.165, 1.54) is 12.1 Å². The van der Waals surface area contributed by atoms with Gasteiger partial charge in [0, 0.05) is 46.6 Å². The minimum Gasteiger partial charge on any atom is -0.325 e. The van der Waals surface area contributed by atoms with Crippen LogP contribution in [0.15, 0.2) is 42.5 Å². The number of hydrogen-bond donors (Lipinski definition) is 0. The predicted molar refractivity (Wildman–Crippen MR) is 110 cm³/mol. The summed E-state index contributed by atoms with van der Waals surface area (Å²) in [6.45, 7) is 0.903. The lowest BCUT2D eigenvalue weighted by Crippen LogP contribution is -2.37. The Morgan fingerprint density at radius 1 is 1.14 bits per heavy atom. The summed E-state index contributed by atoms with van der Waals surface area (Å²) in [5.74, 6) is -0.168. The van der Waals surface area contributed by atoms with Gasteiger partial charge in [0.25, 0.3) is 0 Å². The number of carbonyl (C=O) groups is 2. The van der Waals surface area contributed by atoms with Crippen LogP contribution in [0.25, 0.3) is 0 Å². The van der Waals surface area contributed by atoms with Gasteiger partial charge in [-0.05, 0) is 36.4 Å². The van der Waals surface area contributed by atoms with Gasteiger partial charge in [0.1, 0.15) is 11.2 Å². The molecule has 2 saturated heterocycles. The second kappa shape index (κ2) is 7.93. The molecule has 4 nitrogen and oxygen atoms in total. The molecule has 0 aromatic heterocycles. The molecule has 2 aliphatic heterocycles. The molecule has 0 saturated carbocycles. The number of carbonyl (C=O) groups excluding carboxylic acids is 2. The fourth-order valence-corrected chi connectivity index (χ4v) is 5.51. The summed E-state index contributed by atoms with van der Waals surface area (Å²) in [6, 6.07) is 11.0. The van der Waals surface area contributed by atoms with Gasteiger partial charge in [-0.1, -0.05) is 29.3 Å². The van der Waals surface area contributed by atoms with Gasteiger partial charge in [-0.2, -0.15) is 0 Å². The Morgan fingerprint density at radius 2 is 1.89 bits per heavy atom. The first-order valence-electron chi connectivity index (χ1n) is 8.87. The van der Waals surface area contributed by atoms with Crippen molar-refractivity contribution in [2.75, 3.05) is 23.7 Å². The minimum atomic E-state index is -0.426. The summed E-state index contributed by atoms with van der Waals surface area (Å²) < 4.78 is 13.2. The molecule has 28 heavy (non-hydrogen) atoms. The third kappa shape index (κ3) is 3.73. The second-order valence-corrected chi connectivity index (χ2v) is 8.83. The van der Waals surface area contributed by atoms with E-state index < -0.39 is 5.92 Å². The van der Waals surface area contributed by atoms with Crippen LogP contribution in [0.2, 0.25) is 10.0 Å². The lowest BCUT2D eigenvalue weighted by molar-refractivity contribution is -0.136. The highest BCUT2D eigenvalue weighted by molar-refractivity contribution is 7.99. The van der Waals surface area contributed by atoms with Crippen LogP contribution in [0.4, 0.5) is 10.1 Å². The number of thioether (sulfide) groups is 1. The molecule has 2 unspecified atom stereocenters. The number of nitrogens with zero attached hydrogens (tertiary/aromatic N) is 2. The average molecular weight is 439 g/mol. The van der Waals surface area contributed by atoms with Crippen molar-refractivity contribution >= 4 is 52.5 Å². The molecule has 2 amide bonds. The highest BCUT2D eigenvalue weighted by Crippen LogP contribution is 2.43. The third-order valence-corrected chi connectivity index (χ3v) is 6.82. The zero-order valence-electron chi connectivity index (χ0n) is 14.8. The van der Waals surface area contributed by atoms with Crippen LogP contribution in [-0.4, -0.2) is 35.6 Å². The van der Waals surface area contributed by atoms with Crippen LogP contribution in [0.3, 0.4) is 0 Å². The highest BCUT2D eigenvalue weighted by Gasteiger charge is 2.41. The van der Waals surface area contributed by atoms with Gasteiger partial charge in [0.15, 0.2) is 0 Å². The lowest BCUT2D eigenvalue weighted by atomic mass is 10.1. The van der Waals surface area contributed by atoms with E-state index >= 15 is 0 Å². The summed E-state index contributed by atoms with van der Waals surface area (Å²) >= 11 is 14.0. The van der Waals surface area contributed by atoms with Gasteiger partial charge in [-0.15, -0.1) is 11.8 Å². The normalized spacial score (nSPS) is 22.2. The van der Waals surface area contributed by atoms with Crippen molar-refractivity contribution in [3.05, 3.63) is 63.9 Å². The van der Waals surface area contributed by atoms with Gasteiger partial charge in [-0.25, -0.2) is 4.39 Å². The average Bonchev–Trinajstić information content (AvgIpc) is 3.29. The Labute approximate surface area is 176 Å². The van der Waals surface area contributed by atoms with Crippen LogP contribution >= 0.6 is 35.0 Å². The van der Waals surface area contributed by atoms with E-state index in [0.29, 0.717) is 28.8 Å². The summed E-state index contributed by atoms with van der Waals surface area (Å²) in [5.41, 5.74) is 1.46. The zero-order chi connectivity index (χ0) is 19.8. The molecule has 0 radical (unpaired) electrons. The second-order valence-electron chi connectivity index (χ2n) is 6.80. The third-order valence-electron chi connectivity index (χ3n) is 5.02. The van der Waals surface area contributed by atoms with Crippen LogP contribution in [0.5, 0.6) is 0 Å². The van der Waals surface area contributed by atoms with E-state index in [2.05, 4.69) is 0 Å². The van der Waals surface area contributed by atoms with Crippen molar-refractivity contribution in [2.45, 2.75) is 11.8 Å². The zero-order valence-corrected chi connectivity index (χ0v) is 17.1. The molecular formula is C20H17Cl2FN2O2S. The quantitative estimate of drug-likeness (QED) is 0.693. The number of benzene rings is 2. The summed E-state index contributed by atoms with van der Waals surface area (Å²) in [4.78, 5) is 29.0. The predicted octanol–water partition coefficient (Wildman–Crippen LogP) is 4.76. The van der Waals surface area contributed by atoms with Crippen molar-refractivity contribution in [3.8, 4) is 0 Å². The van der Waals surface area contributed by atoms with Crippen molar-refractivity contribution in [1.82, 2.24) is 4.90 Å². The molecule has 0 aliphatic carbocycles. The van der Waals surface area contributed by atoms with Gasteiger partial charge in [0.05, 0.1) is 5.92 Å². The first kappa shape index (κ1) is 19.6. The number of hydrogen-bond acceptors (Lipinski definition) is 3. The summed E-state index contributed by atoms with van der Waals surface area (Å²) in [6.07, 6.45) is 0.151. The monoisotopic (exact) mass is 438 g/mol. The molecule has 2 atom stereocenters. The number of rotatable bonds is 3. The van der Waals surface area contributed by atoms with E-state index in [4.69, 9.17) is 23.2 Å². The molecule has 4 rings (SSSR count). The highest BCUT2D eigenvalue weighted by atomic mass is 35.5. The molecule has 0 N–H and O–H groups in total. The van der Waals surface area contributed by atoms with Crippen LogP contribution < -0.4 is 4.90 Å². The Kier molecular flexibility index (Phi) is 5.54. The topological polar surface area (TPSA) is 40.6 Å². The fourth-order valence-electron chi connectivity index (χ4n) is 3.63. The van der Waals surface area contributed by atoms with Crippen LogP contribution in [-0.2, 0) is 9.59 Å². The molecular weight excluding hydrogens is 422 g/mol. The maximum Gasteiger partial charge on any atom is 0.229 e. The Bertz CT molecular complexity index is 925. The van der Waals surface area contributed by atoms with E-state index in [9.17, 15) is 14.0 Å². The Hall–Kier alpha value is -1.76. The van der Waals surface area contributed by atoms with E-state index in [0.717, 1.165) is 11.3 Å². The van der Waals surface area contributed by atoms with Crippen molar-refractivity contribution in [2.24, 2.45) is 5.92 Å². The fraction of sp³-hybridized carbons (Fsp3) is 0.300. The standard InChI is InChI=1S/C20H17Cl2FN2O2S/c21-13-1-6-16(17(22)10-13)20-24(7-8-28-20)19(27)12-9-18(26)25(11-12)15-4-2-14(23)3-5-15/h1-6,10,12,20H,7-9,11H2. The number of halogens is 3. The summed E-state index contributed by atoms with van der Waals surface area (Å²) in [5, 5.41) is 0.887. The first-order valence-corrected chi connectivity index (χ1v) is 10.7. The summed E-state index contributed by atoms with van der Waals surface area (Å²) in [7, 11) is 0.